The third-order valence-electron chi connectivity index (χ3n) is 3.65. The molecule has 0 saturated heterocycles. The van der Waals surface area contributed by atoms with Gasteiger partial charge in [-0.15, -0.1) is 11.6 Å². The van der Waals surface area contributed by atoms with Gasteiger partial charge >= 0.3 is 0 Å². The summed E-state index contributed by atoms with van der Waals surface area (Å²) in [6.07, 6.45) is 6.71. The van der Waals surface area contributed by atoms with E-state index in [1.807, 2.05) is 4.90 Å². The maximum atomic E-state index is 12.4. The molecular formula is C13H24ClNO. The topological polar surface area (TPSA) is 20.3 Å². The fraction of sp³-hybridized carbons (Fsp3) is 0.923. The van der Waals surface area contributed by atoms with Gasteiger partial charge in [-0.1, -0.05) is 33.1 Å². The van der Waals surface area contributed by atoms with Crippen molar-refractivity contribution in [1.29, 1.82) is 0 Å². The van der Waals surface area contributed by atoms with E-state index < -0.39 is 0 Å². The van der Waals surface area contributed by atoms with Gasteiger partial charge in [0, 0.05) is 24.4 Å². The largest absolute Gasteiger partial charge is 0.341 e. The lowest BCUT2D eigenvalue weighted by Gasteiger charge is -2.31. The first-order valence-corrected chi connectivity index (χ1v) is 7.03. The van der Waals surface area contributed by atoms with E-state index in [1.54, 1.807) is 0 Å². The molecule has 0 bridgehead atoms. The van der Waals surface area contributed by atoms with Gasteiger partial charge in [-0.2, -0.15) is 0 Å². The highest BCUT2D eigenvalue weighted by atomic mass is 35.5. The van der Waals surface area contributed by atoms with E-state index in [-0.39, 0.29) is 5.41 Å². The highest BCUT2D eigenvalue weighted by molar-refractivity contribution is 6.18. The third-order valence-corrected chi connectivity index (χ3v) is 3.82. The fourth-order valence-electron chi connectivity index (χ4n) is 2.52. The second-order valence-corrected chi connectivity index (χ2v) is 5.48. The van der Waals surface area contributed by atoms with Crippen LogP contribution in [0, 0.1) is 5.41 Å². The number of hydrogen-bond acceptors (Lipinski definition) is 1. The van der Waals surface area contributed by atoms with Crippen LogP contribution in [0.4, 0.5) is 0 Å². The molecule has 1 fully saturated rings. The molecule has 1 aliphatic rings. The predicted molar refractivity (Wildman–Crippen MR) is 68.8 cm³/mol. The summed E-state index contributed by atoms with van der Waals surface area (Å²) in [5, 5.41) is 0. The van der Waals surface area contributed by atoms with Crippen LogP contribution in [0.25, 0.3) is 0 Å². The Morgan fingerprint density at radius 2 is 1.94 bits per heavy atom. The van der Waals surface area contributed by atoms with Crippen molar-refractivity contribution in [1.82, 2.24) is 4.90 Å². The van der Waals surface area contributed by atoms with Crippen LogP contribution in [0.2, 0.25) is 0 Å². The summed E-state index contributed by atoms with van der Waals surface area (Å²) in [7, 11) is 0. The molecule has 0 radical (unpaired) electrons. The zero-order chi connectivity index (χ0) is 12.0. The number of nitrogens with zero attached hydrogens (tertiary/aromatic N) is 1. The van der Waals surface area contributed by atoms with Crippen molar-refractivity contribution in [2.24, 2.45) is 5.41 Å². The van der Waals surface area contributed by atoms with Gasteiger partial charge in [-0.3, -0.25) is 4.79 Å². The lowest BCUT2D eigenvalue weighted by molar-refractivity contribution is -0.140. The average Bonchev–Trinajstić information content (AvgIpc) is 2.72. The minimum atomic E-state index is -0.0974. The summed E-state index contributed by atoms with van der Waals surface area (Å²) in [5.41, 5.74) is -0.0974. The van der Waals surface area contributed by atoms with E-state index >= 15 is 0 Å². The first kappa shape index (κ1) is 13.8. The van der Waals surface area contributed by atoms with Gasteiger partial charge in [-0.25, -0.2) is 0 Å². The lowest BCUT2D eigenvalue weighted by atomic mass is 9.87. The Bertz CT molecular complexity index is 224. The van der Waals surface area contributed by atoms with Crippen molar-refractivity contribution >= 4 is 17.5 Å². The maximum absolute atomic E-state index is 12.4. The number of amides is 1. The molecule has 0 aromatic carbocycles. The van der Waals surface area contributed by atoms with Crippen LogP contribution in [0.5, 0.6) is 0 Å². The molecular weight excluding hydrogens is 222 g/mol. The van der Waals surface area contributed by atoms with E-state index in [0.29, 0.717) is 18.3 Å². The van der Waals surface area contributed by atoms with Crippen LogP contribution < -0.4 is 0 Å². The molecule has 0 atom stereocenters. The normalized spacial score (nSPS) is 18.7. The Kier molecular flexibility index (Phi) is 5.60. The summed E-state index contributed by atoms with van der Waals surface area (Å²) in [5.74, 6) is 0.880. The SMILES string of the molecule is CCCCN(CCCl)C(=O)C1(C)CCCC1. The first-order valence-electron chi connectivity index (χ1n) is 6.49. The van der Waals surface area contributed by atoms with E-state index in [2.05, 4.69) is 13.8 Å². The standard InChI is InChI=1S/C13H24ClNO/c1-3-4-10-15(11-9-14)12(16)13(2)7-5-6-8-13/h3-11H2,1-2H3. The number of carbonyl (C=O) groups is 1. The quantitative estimate of drug-likeness (QED) is 0.657. The second kappa shape index (κ2) is 6.48. The van der Waals surface area contributed by atoms with Crippen LogP contribution in [-0.2, 0) is 4.79 Å². The Hall–Kier alpha value is -0.240. The van der Waals surface area contributed by atoms with Crippen molar-refractivity contribution in [2.75, 3.05) is 19.0 Å². The van der Waals surface area contributed by atoms with Crippen molar-refractivity contribution in [3.05, 3.63) is 0 Å². The molecule has 0 heterocycles. The third kappa shape index (κ3) is 3.38. The number of unbranched alkanes of at least 4 members (excludes halogenated alkanes) is 1. The summed E-state index contributed by atoms with van der Waals surface area (Å²) >= 11 is 5.78. The Balaban J connectivity index is 2.58. The van der Waals surface area contributed by atoms with Crippen LogP contribution in [-0.4, -0.2) is 29.8 Å². The molecule has 1 aliphatic carbocycles. The minimum absolute atomic E-state index is 0.0974. The molecule has 94 valence electrons. The number of rotatable bonds is 6. The Morgan fingerprint density at radius 3 is 2.44 bits per heavy atom. The summed E-state index contributed by atoms with van der Waals surface area (Å²) in [6, 6.07) is 0. The number of hydrogen-bond donors (Lipinski definition) is 0. The van der Waals surface area contributed by atoms with Crippen LogP contribution in [0.1, 0.15) is 52.4 Å². The number of halogens is 1. The molecule has 3 heteroatoms. The predicted octanol–water partition coefficient (Wildman–Crippen LogP) is 3.43. The molecule has 0 N–H and O–H groups in total. The molecule has 1 amide bonds. The molecule has 2 nitrogen and oxygen atoms in total. The van der Waals surface area contributed by atoms with E-state index in [0.717, 1.165) is 32.2 Å². The van der Waals surface area contributed by atoms with Crippen LogP contribution in [0.3, 0.4) is 0 Å². The number of carbonyl (C=O) groups excluding carboxylic acids is 1. The van der Waals surface area contributed by atoms with Gasteiger partial charge in [0.05, 0.1) is 0 Å². The average molecular weight is 246 g/mol. The van der Waals surface area contributed by atoms with Crippen molar-refractivity contribution < 1.29 is 4.79 Å². The van der Waals surface area contributed by atoms with Gasteiger partial charge in [0.25, 0.3) is 0 Å². The van der Waals surface area contributed by atoms with Gasteiger partial charge < -0.3 is 4.90 Å². The van der Waals surface area contributed by atoms with E-state index in [1.165, 1.54) is 12.8 Å². The van der Waals surface area contributed by atoms with Gasteiger partial charge in [0.1, 0.15) is 0 Å². The molecule has 0 unspecified atom stereocenters. The zero-order valence-electron chi connectivity index (χ0n) is 10.6. The zero-order valence-corrected chi connectivity index (χ0v) is 11.4. The van der Waals surface area contributed by atoms with Crippen molar-refractivity contribution in [3.8, 4) is 0 Å². The maximum Gasteiger partial charge on any atom is 0.228 e. The molecule has 1 rings (SSSR count). The lowest BCUT2D eigenvalue weighted by Crippen LogP contribution is -2.42. The van der Waals surface area contributed by atoms with Crippen LogP contribution >= 0.6 is 11.6 Å². The monoisotopic (exact) mass is 245 g/mol. The summed E-state index contributed by atoms with van der Waals surface area (Å²) in [4.78, 5) is 14.4. The second-order valence-electron chi connectivity index (χ2n) is 5.10. The number of alkyl halides is 1. The molecule has 16 heavy (non-hydrogen) atoms. The fourth-order valence-corrected chi connectivity index (χ4v) is 2.72. The van der Waals surface area contributed by atoms with Crippen LogP contribution in [0.15, 0.2) is 0 Å². The van der Waals surface area contributed by atoms with E-state index in [4.69, 9.17) is 11.6 Å². The van der Waals surface area contributed by atoms with Gasteiger partial charge in [0.15, 0.2) is 0 Å². The minimum Gasteiger partial charge on any atom is -0.341 e. The summed E-state index contributed by atoms with van der Waals surface area (Å²) < 4.78 is 0. The molecule has 0 aromatic heterocycles. The molecule has 1 saturated carbocycles. The Labute approximate surface area is 104 Å². The van der Waals surface area contributed by atoms with Gasteiger partial charge in [0.2, 0.25) is 5.91 Å². The Morgan fingerprint density at radius 1 is 1.31 bits per heavy atom. The molecule has 0 spiro atoms. The molecule has 0 aromatic rings. The highest BCUT2D eigenvalue weighted by Crippen LogP contribution is 2.39. The first-order chi connectivity index (χ1) is 7.64. The smallest absolute Gasteiger partial charge is 0.228 e. The molecule has 0 aliphatic heterocycles. The highest BCUT2D eigenvalue weighted by Gasteiger charge is 2.38. The van der Waals surface area contributed by atoms with Gasteiger partial charge in [-0.05, 0) is 19.3 Å². The van der Waals surface area contributed by atoms with Crippen molar-refractivity contribution in [3.63, 3.8) is 0 Å². The van der Waals surface area contributed by atoms with E-state index in [9.17, 15) is 4.79 Å². The van der Waals surface area contributed by atoms with Crippen molar-refractivity contribution in [2.45, 2.75) is 52.4 Å². The summed E-state index contributed by atoms with van der Waals surface area (Å²) in [6.45, 7) is 5.85.